The summed E-state index contributed by atoms with van der Waals surface area (Å²) in [6.07, 6.45) is 6.95. The van der Waals surface area contributed by atoms with Crippen LogP contribution in [0.25, 0.3) is 0 Å². The molecule has 1 N–H and O–H groups in total. The summed E-state index contributed by atoms with van der Waals surface area (Å²) in [4.78, 5) is 11.7. The molecular weight excluding hydrogens is 198 g/mol. The highest BCUT2D eigenvalue weighted by atomic mass is 16.1. The second-order valence-electron chi connectivity index (χ2n) is 5.44. The number of hydrogen-bond acceptors (Lipinski definition) is 2. The largest absolute Gasteiger partial charge is 0.385 e. The average molecular weight is 223 g/mol. The number of rotatable bonds is 5. The standard InChI is InChI=1S/C14H25NO/c1-10(2)13(9-14(16)11(3)4)15-12-7-5-6-8-12/h9-12,15H,5-8H2,1-4H3. The van der Waals surface area contributed by atoms with E-state index in [1.54, 1.807) is 0 Å². The molecule has 0 heterocycles. The highest BCUT2D eigenvalue weighted by Crippen LogP contribution is 2.20. The summed E-state index contributed by atoms with van der Waals surface area (Å²) < 4.78 is 0. The Morgan fingerprint density at radius 3 is 2.12 bits per heavy atom. The number of nitrogens with one attached hydrogen (secondary N) is 1. The van der Waals surface area contributed by atoms with E-state index < -0.39 is 0 Å². The van der Waals surface area contributed by atoms with Crippen molar-refractivity contribution < 1.29 is 4.79 Å². The average Bonchev–Trinajstić information content (AvgIpc) is 2.68. The lowest BCUT2D eigenvalue weighted by molar-refractivity contribution is -0.117. The van der Waals surface area contributed by atoms with Crippen molar-refractivity contribution in [3.8, 4) is 0 Å². The molecule has 0 radical (unpaired) electrons. The third kappa shape index (κ3) is 3.99. The molecule has 2 nitrogen and oxygen atoms in total. The molecule has 1 aliphatic carbocycles. The van der Waals surface area contributed by atoms with Gasteiger partial charge < -0.3 is 5.32 Å². The third-order valence-electron chi connectivity index (χ3n) is 3.21. The quantitative estimate of drug-likeness (QED) is 0.725. The molecule has 92 valence electrons. The van der Waals surface area contributed by atoms with E-state index in [4.69, 9.17) is 0 Å². The van der Waals surface area contributed by atoms with E-state index in [0.717, 1.165) is 5.70 Å². The Morgan fingerprint density at radius 1 is 1.12 bits per heavy atom. The normalized spacial score (nSPS) is 18.5. The Hall–Kier alpha value is -0.790. The SMILES string of the molecule is CC(C)C(=O)C=C(NC1CCCC1)C(C)C. The second-order valence-corrected chi connectivity index (χ2v) is 5.44. The second kappa shape index (κ2) is 6.07. The van der Waals surface area contributed by atoms with Crippen LogP contribution in [0.5, 0.6) is 0 Å². The van der Waals surface area contributed by atoms with Crippen LogP contribution in [0.4, 0.5) is 0 Å². The lowest BCUT2D eigenvalue weighted by Crippen LogP contribution is -2.28. The Morgan fingerprint density at radius 2 is 1.69 bits per heavy atom. The van der Waals surface area contributed by atoms with Crippen LogP contribution in [0, 0.1) is 11.8 Å². The first kappa shape index (κ1) is 13.3. The molecule has 0 saturated heterocycles. The first-order chi connectivity index (χ1) is 7.50. The van der Waals surface area contributed by atoms with Gasteiger partial charge in [0.05, 0.1) is 0 Å². The van der Waals surface area contributed by atoms with Gasteiger partial charge in [0, 0.05) is 23.7 Å². The van der Waals surface area contributed by atoms with E-state index in [2.05, 4.69) is 19.2 Å². The van der Waals surface area contributed by atoms with Crippen molar-refractivity contribution in [2.45, 2.75) is 59.4 Å². The number of ketones is 1. The van der Waals surface area contributed by atoms with Gasteiger partial charge in [-0.25, -0.2) is 0 Å². The van der Waals surface area contributed by atoms with Gasteiger partial charge in [-0.05, 0) is 18.8 Å². The monoisotopic (exact) mass is 223 g/mol. The van der Waals surface area contributed by atoms with Crippen LogP contribution >= 0.6 is 0 Å². The molecule has 0 spiro atoms. The van der Waals surface area contributed by atoms with Crippen LogP contribution in [-0.2, 0) is 4.79 Å². The van der Waals surface area contributed by atoms with Crippen molar-refractivity contribution in [3.05, 3.63) is 11.8 Å². The first-order valence-corrected chi connectivity index (χ1v) is 6.52. The zero-order chi connectivity index (χ0) is 12.1. The van der Waals surface area contributed by atoms with Gasteiger partial charge >= 0.3 is 0 Å². The maximum atomic E-state index is 11.7. The summed E-state index contributed by atoms with van der Waals surface area (Å²) in [5.74, 6) is 0.733. The zero-order valence-electron chi connectivity index (χ0n) is 11.0. The van der Waals surface area contributed by atoms with E-state index in [-0.39, 0.29) is 11.7 Å². The fourth-order valence-electron chi connectivity index (χ4n) is 2.00. The zero-order valence-corrected chi connectivity index (χ0v) is 11.0. The van der Waals surface area contributed by atoms with Gasteiger partial charge in [0.25, 0.3) is 0 Å². The van der Waals surface area contributed by atoms with Crippen LogP contribution in [0.15, 0.2) is 11.8 Å². The fraction of sp³-hybridized carbons (Fsp3) is 0.786. The minimum absolute atomic E-state index is 0.0964. The van der Waals surface area contributed by atoms with Crippen LogP contribution in [0.2, 0.25) is 0 Å². The molecule has 1 rings (SSSR count). The molecule has 1 saturated carbocycles. The van der Waals surface area contributed by atoms with Crippen LogP contribution in [0.3, 0.4) is 0 Å². The highest BCUT2D eigenvalue weighted by molar-refractivity contribution is 5.91. The van der Waals surface area contributed by atoms with Crippen LogP contribution < -0.4 is 5.32 Å². The summed E-state index contributed by atoms with van der Waals surface area (Å²) in [7, 11) is 0. The van der Waals surface area contributed by atoms with E-state index in [1.165, 1.54) is 25.7 Å². The topological polar surface area (TPSA) is 29.1 Å². The molecular formula is C14H25NO. The summed E-state index contributed by atoms with van der Waals surface area (Å²) in [5, 5.41) is 3.54. The smallest absolute Gasteiger partial charge is 0.159 e. The van der Waals surface area contributed by atoms with Crippen molar-refractivity contribution >= 4 is 5.78 Å². The Kier molecular flexibility index (Phi) is 5.04. The molecule has 0 aromatic heterocycles. The van der Waals surface area contributed by atoms with Crippen LogP contribution in [0.1, 0.15) is 53.4 Å². The molecule has 0 amide bonds. The molecule has 0 atom stereocenters. The first-order valence-electron chi connectivity index (χ1n) is 6.52. The van der Waals surface area contributed by atoms with Crippen molar-refractivity contribution in [1.29, 1.82) is 0 Å². The van der Waals surface area contributed by atoms with Crippen LogP contribution in [-0.4, -0.2) is 11.8 Å². The molecule has 16 heavy (non-hydrogen) atoms. The maximum absolute atomic E-state index is 11.7. The van der Waals surface area contributed by atoms with Crippen molar-refractivity contribution in [2.24, 2.45) is 11.8 Å². The van der Waals surface area contributed by atoms with Gasteiger partial charge in [-0.3, -0.25) is 4.79 Å². The van der Waals surface area contributed by atoms with Crippen molar-refractivity contribution in [2.75, 3.05) is 0 Å². The van der Waals surface area contributed by atoms with Gasteiger partial charge in [0.2, 0.25) is 0 Å². The van der Waals surface area contributed by atoms with Gasteiger partial charge in [-0.15, -0.1) is 0 Å². The molecule has 0 aromatic carbocycles. The minimum Gasteiger partial charge on any atom is -0.385 e. The molecule has 1 aliphatic rings. The molecule has 0 aromatic rings. The highest BCUT2D eigenvalue weighted by Gasteiger charge is 2.17. The van der Waals surface area contributed by atoms with Crippen molar-refractivity contribution in [3.63, 3.8) is 0 Å². The number of allylic oxidation sites excluding steroid dienone is 2. The Labute approximate surface area is 99.5 Å². The molecule has 0 unspecified atom stereocenters. The molecule has 2 heteroatoms. The maximum Gasteiger partial charge on any atom is 0.159 e. The summed E-state index contributed by atoms with van der Waals surface area (Å²) in [6, 6.07) is 0.591. The van der Waals surface area contributed by atoms with Gasteiger partial charge in [0.1, 0.15) is 0 Å². The molecule has 0 bridgehead atoms. The van der Waals surface area contributed by atoms with E-state index in [0.29, 0.717) is 12.0 Å². The molecule has 1 fully saturated rings. The number of carbonyl (C=O) groups excluding carboxylic acids is 1. The van der Waals surface area contributed by atoms with Gasteiger partial charge in [-0.1, -0.05) is 40.5 Å². The lowest BCUT2D eigenvalue weighted by Gasteiger charge is -2.20. The van der Waals surface area contributed by atoms with Crippen molar-refractivity contribution in [1.82, 2.24) is 5.32 Å². The van der Waals surface area contributed by atoms with E-state index in [9.17, 15) is 4.79 Å². The Bertz CT molecular complexity index is 260. The minimum atomic E-state index is 0.0964. The third-order valence-corrected chi connectivity index (χ3v) is 3.21. The Balaban J connectivity index is 2.62. The number of carbonyl (C=O) groups is 1. The summed E-state index contributed by atoms with van der Waals surface area (Å²) in [6.45, 7) is 8.18. The number of hydrogen-bond donors (Lipinski definition) is 1. The lowest BCUT2D eigenvalue weighted by atomic mass is 10.0. The van der Waals surface area contributed by atoms with E-state index >= 15 is 0 Å². The molecule has 0 aliphatic heterocycles. The summed E-state index contributed by atoms with van der Waals surface area (Å²) >= 11 is 0. The fourth-order valence-corrected chi connectivity index (χ4v) is 2.00. The predicted molar refractivity (Wildman–Crippen MR) is 68.2 cm³/mol. The van der Waals surface area contributed by atoms with Gasteiger partial charge in [-0.2, -0.15) is 0 Å². The summed E-state index contributed by atoms with van der Waals surface area (Å²) in [5.41, 5.74) is 1.12. The predicted octanol–water partition coefficient (Wildman–Crippen LogP) is 3.28. The van der Waals surface area contributed by atoms with Gasteiger partial charge in [0.15, 0.2) is 5.78 Å². The van der Waals surface area contributed by atoms with E-state index in [1.807, 2.05) is 19.9 Å².